The first-order chi connectivity index (χ1) is 13.3. The molecule has 164 valence electrons. The minimum Gasteiger partial charge on any atom is -0.356 e. The van der Waals surface area contributed by atoms with Crippen molar-refractivity contribution in [3.63, 3.8) is 0 Å². The van der Waals surface area contributed by atoms with Gasteiger partial charge in [0, 0.05) is 45.4 Å². The Hall–Kier alpha value is -1.36. The Bertz CT molecular complexity index is 827. The van der Waals surface area contributed by atoms with Crippen molar-refractivity contribution >= 4 is 45.7 Å². The van der Waals surface area contributed by atoms with Gasteiger partial charge in [0.05, 0.1) is 4.90 Å². The maximum Gasteiger partial charge on any atom is 0.222 e. The lowest BCUT2D eigenvalue weighted by atomic mass is 10.1. The zero-order chi connectivity index (χ0) is 20.7. The first-order valence-corrected chi connectivity index (χ1v) is 11.7. The standard InChI is InChI=1S/C20H32N4O3S.HI/c1-5-17(24-12-6-7-19(24)25)10-11-22-20(21-3)23-14-16-8-9-18(15(2)13-16)28(4,26)27;/h8-9,13,17H,5-7,10-12,14H2,1-4H3,(H2,21,22,23);1H. The molecule has 0 saturated carbocycles. The topological polar surface area (TPSA) is 90.9 Å². The first kappa shape index (κ1) is 25.7. The second-order valence-electron chi connectivity index (χ2n) is 7.27. The van der Waals surface area contributed by atoms with Gasteiger partial charge in [-0.15, -0.1) is 24.0 Å². The molecule has 0 spiro atoms. The van der Waals surface area contributed by atoms with Crippen LogP contribution in [0.1, 0.15) is 43.7 Å². The van der Waals surface area contributed by atoms with Crippen LogP contribution in [0.15, 0.2) is 28.1 Å². The van der Waals surface area contributed by atoms with E-state index in [0.717, 1.165) is 43.5 Å². The van der Waals surface area contributed by atoms with Crippen LogP contribution in [0.2, 0.25) is 0 Å². The molecular formula is C20H33IN4O3S. The molecule has 1 aliphatic heterocycles. The van der Waals surface area contributed by atoms with Gasteiger partial charge in [0.15, 0.2) is 15.8 Å². The van der Waals surface area contributed by atoms with Gasteiger partial charge in [-0.2, -0.15) is 0 Å². The number of nitrogens with one attached hydrogen (secondary N) is 2. The van der Waals surface area contributed by atoms with Crippen molar-refractivity contribution in [3.8, 4) is 0 Å². The Balaban J connectivity index is 0.00000420. The maximum atomic E-state index is 11.9. The SMILES string of the molecule is CCC(CCNC(=NC)NCc1ccc(S(C)(=O)=O)c(C)c1)N1CCCC1=O.I. The van der Waals surface area contributed by atoms with Crippen LogP contribution < -0.4 is 10.6 Å². The summed E-state index contributed by atoms with van der Waals surface area (Å²) in [5.41, 5.74) is 1.73. The number of halogens is 1. The van der Waals surface area contributed by atoms with Crippen LogP contribution in [0, 0.1) is 6.92 Å². The summed E-state index contributed by atoms with van der Waals surface area (Å²) in [7, 11) is -1.49. The Morgan fingerprint density at radius 3 is 2.55 bits per heavy atom. The summed E-state index contributed by atoms with van der Waals surface area (Å²) in [5, 5.41) is 6.55. The van der Waals surface area contributed by atoms with Crippen molar-refractivity contribution in [1.29, 1.82) is 0 Å². The van der Waals surface area contributed by atoms with Gasteiger partial charge in [-0.1, -0.05) is 19.1 Å². The molecule has 1 saturated heterocycles. The summed E-state index contributed by atoms with van der Waals surface area (Å²) in [6, 6.07) is 5.61. The van der Waals surface area contributed by atoms with E-state index in [9.17, 15) is 13.2 Å². The quantitative estimate of drug-likeness (QED) is 0.303. The highest BCUT2D eigenvalue weighted by atomic mass is 127. The smallest absolute Gasteiger partial charge is 0.222 e. The molecular weight excluding hydrogens is 503 g/mol. The second-order valence-corrected chi connectivity index (χ2v) is 9.25. The fourth-order valence-corrected chi connectivity index (χ4v) is 4.60. The van der Waals surface area contributed by atoms with E-state index in [1.165, 1.54) is 6.26 Å². The third-order valence-corrected chi connectivity index (χ3v) is 6.37. The lowest BCUT2D eigenvalue weighted by Crippen LogP contribution is -2.41. The second kappa shape index (κ2) is 11.7. The Kier molecular flexibility index (Phi) is 10.4. The van der Waals surface area contributed by atoms with Gasteiger partial charge in [-0.25, -0.2) is 8.42 Å². The number of nitrogens with zero attached hydrogens (tertiary/aromatic N) is 2. The van der Waals surface area contributed by atoms with Gasteiger partial charge < -0.3 is 15.5 Å². The van der Waals surface area contributed by atoms with Gasteiger partial charge in [0.1, 0.15) is 0 Å². The molecule has 1 atom stereocenters. The third kappa shape index (κ3) is 7.44. The number of rotatable bonds is 8. The van der Waals surface area contributed by atoms with E-state index in [1.54, 1.807) is 20.0 Å². The molecule has 7 nitrogen and oxygen atoms in total. The van der Waals surface area contributed by atoms with Crippen molar-refractivity contribution in [1.82, 2.24) is 15.5 Å². The van der Waals surface area contributed by atoms with E-state index in [4.69, 9.17) is 0 Å². The number of amides is 1. The van der Waals surface area contributed by atoms with Crippen LogP contribution in [0.25, 0.3) is 0 Å². The van der Waals surface area contributed by atoms with Crippen molar-refractivity contribution in [2.24, 2.45) is 4.99 Å². The molecule has 0 radical (unpaired) electrons. The van der Waals surface area contributed by atoms with Crippen molar-refractivity contribution in [2.45, 2.75) is 57.0 Å². The Morgan fingerprint density at radius 2 is 2.03 bits per heavy atom. The normalized spacial score (nSPS) is 15.8. The third-order valence-electron chi connectivity index (χ3n) is 5.11. The zero-order valence-corrected chi connectivity index (χ0v) is 20.8. The summed E-state index contributed by atoms with van der Waals surface area (Å²) in [6.07, 6.45) is 4.68. The molecule has 1 heterocycles. The molecule has 1 aromatic carbocycles. The zero-order valence-electron chi connectivity index (χ0n) is 17.7. The molecule has 1 aromatic rings. The van der Waals surface area contributed by atoms with Crippen LogP contribution in [0.5, 0.6) is 0 Å². The number of hydrogen-bond acceptors (Lipinski definition) is 4. The average Bonchev–Trinajstić information content (AvgIpc) is 3.06. The highest BCUT2D eigenvalue weighted by Gasteiger charge is 2.26. The van der Waals surface area contributed by atoms with E-state index in [1.807, 2.05) is 17.0 Å². The predicted octanol–water partition coefficient (Wildman–Crippen LogP) is 2.47. The van der Waals surface area contributed by atoms with Crippen molar-refractivity contribution in [3.05, 3.63) is 29.3 Å². The number of aliphatic imine (C=N–C) groups is 1. The number of carbonyl (C=O) groups excluding carboxylic acids is 1. The first-order valence-electron chi connectivity index (χ1n) is 9.79. The molecule has 1 unspecified atom stereocenters. The molecule has 0 bridgehead atoms. The monoisotopic (exact) mass is 536 g/mol. The van der Waals surface area contributed by atoms with E-state index < -0.39 is 9.84 Å². The largest absolute Gasteiger partial charge is 0.356 e. The van der Waals surface area contributed by atoms with Crippen LogP contribution in [0.4, 0.5) is 0 Å². The predicted molar refractivity (Wildman–Crippen MR) is 128 cm³/mol. The molecule has 0 aromatic heterocycles. The number of benzene rings is 1. The lowest BCUT2D eigenvalue weighted by molar-refractivity contribution is -0.129. The van der Waals surface area contributed by atoms with Crippen LogP contribution in [-0.2, 0) is 21.2 Å². The average molecular weight is 536 g/mol. The fraction of sp³-hybridized carbons (Fsp3) is 0.600. The summed E-state index contributed by atoms with van der Waals surface area (Å²) in [5.74, 6) is 0.953. The number of aryl methyl sites for hydroxylation is 1. The number of carbonyl (C=O) groups is 1. The highest BCUT2D eigenvalue weighted by Crippen LogP contribution is 2.18. The summed E-state index contributed by atoms with van der Waals surface area (Å²) >= 11 is 0. The molecule has 2 rings (SSSR count). The van der Waals surface area contributed by atoms with Crippen LogP contribution in [0.3, 0.4) is 0 Å². The number of sulfone groups is 1. The summed E-state index contributed by atoms with van der Waals surface area (Å²) in [4.78, 5) is 18.5. The Labute approximate surface area is 191 Å². The van der Waals surface area contributed by atoms with E-state index in [-0.39, 0.29) is 35.9 Å². The fourth-order valence-electron chi connectivity index (χ4n) is 3.64. The molecule has 1 fully saturated rings. The van der Waals surface area contributed by atoms with Gasteiger partial charge in [0.2, 0.25) is 5.91 Å². The van der Waals surface area contributed by atoms with Crippen LogP contribution >= 0.6 is 24.0 Å². The Morgan fingerprint density at radius 1 is 1.31 bits per heavy atom. The number of likely N-dealkylation sites (tertiary alicyclic amines) is 1. The molecule has 1 amide bonds. The van der Waals surface area contributed by atoms with Crippen molar-refractivity contribution in [2.75, 3.05) is 26.4 Å². The minimum absolute atomic E-state index is 0. The summed E-state index contributed by atoms with van der Waals surface area (Å²) < 4.78 is 23.4. The molecule has 0 aliphatic carbocycles. The minimum atomic E-state index is -3.20. The van der Waals surface area contributed by atoms with Crippen molar-refractivity contribution < 1.29 is 13.2 Å². The van der Waals surface area contributed by atoms with Gasteiger partial charge in [-0.3, -0.25) is 9.79 Å². The molecule has 9 heteroatoms. The van der Waals surface area contributed by atoms with E-state index >= 15 is 0 Å². The molecule has 29 heavy (non-hydrogen) atoms. The number of hydrogen-bond donors (Lipinski definition) is 2. The van der Waals surface area contributed by atoms with E-state index in [0.29, 0.717) is 23.8 Å². The molecule has 1 aliphatic rings. The van der Waals surface area contributed by atoms with Gasteiger partial charge in [0.25, 0.3) is 0 Å². The maximum absolute atomic E-state index is 11.9. The summed E-state index contributed by atoms with van der Waals surface area (Å²) in [6.45, 7) is 6.07. The highest BCUT2D eigenvalue weighted by molar-refractivity contribution is 14.0. The van der Waals surface area contributed by atoms with Gasteiger partial charge >= 0.3 is 0 Å². The lowest BCUT2D eigenvalue weighted by Gasteiger charge is -2.27. The molecule has 2 N–H and O–H groups in total. The van der Waals surface area contributed by atoms with Crippen LogP contribution in [-0.4, -0.2) is 57.6 Å². The number of guanidine groups is 1. The van der Waals surface area contributed by atoms with E-state index in [2.05, 4.69) is 22.5 Å². The van der Waals surface area contributed by atoms with Gasteiger partial charge in [-0.05, 0) is 43.4 Å².